The van der Waals surface area contributed by atoms with Gasteiger partial charge in [0, 0.05) is 30.6 Å². The second-order valence-corrected chi connectivity index (χ2v) is 10.3. The molecule has 3 aromatic heterocycles. The summed E-state index contributed by atoms with van der Waals surface area (Å²) >= 11 is 0. The summed E-state index contributed by atoms with van der Waals surface area (Å²) in [5, 5.41) is 17.5. The van der Waals surface area contributed by atoms with Crippen LogP contribution in [0.1, 0.15) is 51.4 Å². The molecule has 1 aliphatic rings. The molecule has 0 spiro atoms. The van der Waals surface area contributed by atoms with Crippen molar-refractivity contribution < 1.29 is 14.3 Å². The Hall–Kier alpha value is -2.87. The first-order valence-corrected chi connectivity index (χ1v) is 11.6. The van der Waals surface area contributed by atoms with Gasteiger partial charge in [-0.3, -0.25) is 0 Å². The van der Waals surface area contributed by atoms with E-state index in [1.807, 2.05) is 26.0 Å². The minimum atomic E-state index is 0.103. The maximum absolute atomic E-state index is 9.57. The molecule has 0 amide bonds. The molecule has 0 aromatic carbocycles. The van der Waals surface area contributed by atoms with Crippen molar-refractivity contribution in [2.75, 3.05) is 30.9 Å². The number of aliphatic hydroxyl groups is 1. The average molecular weight is 454 g/mol. The third kappa shape index (κ3) is 5.21. The zero-order chi connectivity index (χ0) is 23.8. The molecule has 3 N–H and O–H groups in total. The maximum Gasteiger partial charge on any atom is 0.224 e. The van der Waals surface area contributed by atoms with Crippen molar-refractivity contribution in [1.29, 1.82) is 0 Å². The summed E-state index contributed by atoms with van der Waals surface area (Å²) in [6.45, 7) is 11.4. The van der Waals surface area contributed by atoms with E-state index in [-0.39, 0.29) is 18.1 Å². The van der Waals surface area contributed by atoms with Crippen LogP contribution >= 0.6 is 0 Å². The van der Waals surface area contributed by atoms with Gasteiger partial charge in [0.1, 0.15) is 11.6 Å². The second-order valence-electron chi connectivity index (χ2n) is 10.3. The van der Waals surface area contributed by atoms with E-state index >= 15 is 0 Å². The predicted molar refractivity (Wildman–Crippen MR) is 131 cm³/mol. The minimum Gasteiger partial charge on any atom is -0.481 e. The Labute approximate surface area is 195 Å². The Morgan fingerprint density at radius 2 is 1.91 bits per heavy atom. The lowest BCUT2D eigenvalue weighted by Crippen LogP contribution is -2.22. The first kappa shape index (κ1) is 23.3. The van der Waals surface area contributed by atoms with E-state index in [2.05, 4.69) is 36.4 Å². The van der Waals surface area contributed by atoms with E-state index in [0.29, 0.717) is 23.5 Å². The molecule has 3 heterocycles. The standard InChI is InChI=1S/C25H35N5O3/c1-14-21(19-10-17-11-20(32-6)27-15(2)22(17)33-19)23(29-18-8-7-16(9-18)12-31)30-24(28-14)26-13-25(3,4)5/h10-11,16,18,31H,7-9,12-13H2,1-6H3,(H2,26,28,29,30)/t16-,18+/m1/s1. The van der Waals surface area contributed by atoms with Crippen molar-refractivity contribution in [3.8, 4) is 17.2 Å². The van der Waals surface area contributed by atoms with Crippen LogP contribution in [0, 0.1) is 25.2 Å². The molecule has 0 unspecified atom stereocenters. The fourth-order valence-corrected chi connectivity index (χ4v) is 4.37. The van der Waals surface area contributed by atoms with Gasteiger partial charge in [-0.2, -0.15) is 4.98 Å². The zero-order valence-corrected chi connectivity index (χ0v) is 20.5. The molecule has 0 aliphatic heterocycles. The van der Waals surface area contributed by atoms with Crippen LogP contribution in [-0.2, 0) is 0 Å². The number of aromatic nitrogens is 3. The molecule has 2 atom stereocenters. The zero-order valence-electron chi connectivity index (χ0n) is 20.5. The van der Waals surface area contributed by atoms with Crippen LogP contribution in [0.25, 0.3) is 22.3 Å². The van der Waals surface area contributed by atoms with Crippen LogP contribution in [0.3, 0.4) is 0 Å². The minimum absolute atomic E-state index is 0.103. The number of rotatable bonds is 7. The number of anilines is 2. The third-order valence-electron chi connectivity index (χ3n) is 6.11. The van der Waals surface area contributed by atoms with E-state index in [9.17, 15) is 5.11 Å². The van der Waals surface area contributed by atoms with Crippen LogP contribution in [0.15, 0.2) is 16.5 Å². The lowest BCUT2D eigenvalue weighted by molar-refractivity contribution is 0.229. The van der Waals surface area contributed by atoms with Gasteiger partial charge in [0.15, 0.2) is 5.58 Å². The molecular formula is C25H35N5O3. The van der Waals surface area contributed by atoms with Crippen molar-refractivity contribution in [2.45, 2.75) is 59.9 Å². The number of pyridine rings is 1. The summed E-state index contributed by atoms with van der Waals surface area (Å²) in [7, 11) is 1.61. The lowest BCUT2D eigenvalue weighted by atomic mass is 9.97. The molecule has 33 heavy (non-hydrogen) atoms. The fourth-order valence-electron chi connectivity index (χ4n) is 4.37. The number of ether oxygens (including phenoxy) is 1. The van der Waals surface area contributed by atoms with E-state index in [4.69, 9.17) is 19.1 Å². The molecule has 1 fully saturated rings. The summed E-state index contributed by atoms with van der Waals surface area (Å²) in [5.41, 5.74) is 3.28. The summed E-state index contributed by atoms with van der Waals surface area (Å²) in [6.07, 6.45) is 2.93. The summed E-state index contributed by atoms with van der Waals surface area (Å²) < 4.78 is 11.6. The van der Waals surface area contributed by atoms with Gasteiger partial charge >= 0.3 is 0 Å². The molecule has 178 valence electrons. The molecule has 0 bridgehead atoms. The molecule has 0 saturated heterocycles. The Balaban J connectivity index is 1.75. The highest BCUT2D eigenvalue weighted by Crippen LogP contribution is 2.38. The number of fused-ring (bicyclic) bond motifs is 1. The molecule has 3 aromatic rings. The summed E-state index contributed by atoms with van der Waals surface area (Å²) in [4.78, 5) is 14.0. The monoisotopic (exact) mass is 453 g/mol. The van der Waals surface area contributed by atoms with Crippen LogP contribution < -0.4 is 15.4 Å². The van der Waals surface area contributed by atoms with Gasteiger partial charge in [0.25, 0.3) is 0 Å². The number of hydrogen-bond acceptors (Lipinski definition) is 8. The van der Waals surface area contributed by atoms with Gasteiger partial charge < -0.3 is 24.9 Å². The van der Waals surface area contributed by atoms with Gasteiger partial charge in [-0.15, -0.1) is 0 Å². The van der Waals surface area contributed by atoms with E-state index < -0.39 is 0 Å². The van der Waals surface area contributed by atoms with Crippen molar-refractivity contribution >= 4 is 22.7 Å². The molecule has 8 heteroatoms. The van der Waals surface area contributed by atoms with Gasteiger partial charge in [-0.1, -0.05) is 20.8 Å². The molecule has 8 nitrogen and oxygen atoms in total. The highest BCUT2D eigenvalue weighted by Gasteiger charge is 2.27. The lowest BCUT2D eigenvalue weighted by Gasteiger charge is -2.21. The van der Waals surface area contributed by atoms with Crippen molar-refractivity contribution in [3.05, 3.63) is 23.5 Å². The first-order valence-electron chi connectivity index (χ1n) is 11.6. The van der Waals surface area contributed by atoms with E-state index in [0.717, 1.165) is 59.5 Å². The highest BCUT2D eigenvalue weighted by atomic mass is 16.5. The van der Waals surface area contributed by atoms with Gasteiger partial charge in [-0.05, 0) is 50.5 Å². The molecule has 1 aliphatic carbocycles. The van der Waals surface area contributed by atoms with Crippen molar-refractivity contribution in [2.24, 2.45) is 11.3 Å². The first-order chi connectivity index (χ1) is 15.7. The highest BCUT2D eigenvalue weighted by molar-refractivity contribution is 5.88. The second kappa shape index (κ2) is 9.17. The van der Waals surface area contributed by atoms with Gasteiger partial charge in [-0.25, -0.2) is 9.97 Å². The Morgan fingerprint density at radius 3 is 2.58 bits per heavy atom. The molecule has 4 rings (SSSR count). The normalized spacial score (nSPS) is 18.6. The Kier molecular flexibility index (Phi) is 6.47. The number of nitrogens with one attached hydrogen (secondary N) is 2. The Morgan fingerprint density at radius 1 is 1.12 bits per heavy atom. The number of hydrogen-bond donors (Lipinski definition) is 3. The average Bonchev–Trinajstić information content (AvgIpc) is 3.38. The molecule has 1 saturated carbocycles. The van der Waals surface area contributed by atoms with E-state index in [1.165, 1.54) is 0 Å². The van der Waals surface area contributed by atoms with Crippen LogP contribution in [0.2, 0.25) is 0 Å². The smallest absolute Gasteiger partial charge is 0.224 e. The van der Waals surface area contributed by atoms with Crippen LogP contribution in [0.4, 0.5) is 11.8 Å². The predicted octanol–water partition coefficient (Wildman–Crippen LogP) is 4.94. The van der Waals surface area contributed by atoms with Crippen molar-refractivity contribution in [3.63, 3.8) is 0 Å². The molecular weight excluding hydrogens is 418 g/mol. The quantitative estimate of drug-likeness (QED) is 0.462. The number of furan rings is 1. The largest absolute Gasteiger partial charge is 0.481 e. The number of nitrogens with zero attached hydrogens (tertiary/aromatic N) is 3. The Bertz CT molecular complexity index is 1140. The topological polar surface area (TPSA) is 105 Å². The fraction of sp³-hybridized carbons (Fsp3) is 0.560. The maximum atomic E-state index is 9.57. The SMILES string of the molecule is COc1cc2cc(-c3c(C)nc(NCC(C)(C)C)nc3N[C@H]3CC[C@@H](CO)C3)oc2c(C)n1. The summed E-state index contributed by atoms with van der Waals surface area (Å²) in [5.74, 6) is 2.93. The number of aryl methyl sites for hydroxylation is 2. The number of aliphatic hydroxyl groups excluding tert-OH is 1. The van der Waals surface area contributed by atoms with Crippen LogP contribution in [0.5, 0.6) is 5.88 Å². The summed E-state index contributed by atoms with van der Waals surface area (Å²) in [6, 6.07) is 4.12. The number of methoxy groups -OCH3 is 1. The van der Waals surface area contributed by atoms with Gasteiger partial charge in [0.2, 0.25) is 11.8 Å². The molecule has 0 radical (unpaired) electrons. The van der Waals surface area contributed by atoms with E-state index in [1.54, 1.807) is 7.11 Å². The van der Waals surface area contributed by atoms with Crippen LogP contribution in [-0.4, -0.2) is 46.4 Å². The van der Waals surface area contributed by atoms with Crippen molar-refractivity contribution in [1.82, 2.24) is 15.0 Å². The third-order valence-corrected chi connectivity index (χ3v) is 6.11. The van der Waals surface area contributed by atoms with Gasteiger partial charge in [0.05, 0.1) is 24.1 Å².